The molecule has 1 saturated carbocycles. The summed E-state index contributed by atoms with van der Waals surface area (Å²) in [4.78, 5) is 12.1. The molecule has 1 aliphatic rings. The molecule has 0 radical (unpaired) electrons. The minimum Gasteiger partial charge on any atom is -0.356 e. The summed E-state index contributed by atoms with van der Waals surface area (Å²) in [5.74, 6) is 0.168. The highest BCUT2D eigenvalue weighted by molar-refractivity contribution is 5.83. The smallest absolute Gasteiger partial charge is 0.227 e. The minimum atomic E-state index is -0.317. The molecule has 0 aromatic rings. The van der Waals surface area contributed by atoms with Crippen LogP contribution < -0.4 is 11.1 Å². The highest BCUT2D eigenvalue weighted by atomic mass is 16.2. The zero-order valence-corrected chi connectivity index (χ0v) is 12.1. The van der Waals surface area contributed by atoms with E-state index in [1.807, 2.05) is 6.92 Å². The van der Waals surface area contributed by atoms with Crippen molar-refractivity contribution in [2.75, 3.05) is 6.54 Å². The van der Waals surface area contributed by atoms with Crippen LogP contribution in [0.25, 0.3) is 0 Å². The summed E-state index contributed by atoms with van der Waals surface area (Å²) in [6.07, 6.45) is 10.6. The Balaban J connectivity index is 2.10. The number of carbonyl (C=O) groups excluding carboxylic acids is 1. The van der Waals surface area contributed by atoms with Crippen LogP contribution in [-0.2, 0) is 4.79 Å². The van der Waals surface area contributed by atoms with Gasteiger partial charge in [0.1, 0.15) is 0 Å². The van der Waals surface area contributed by atoms with E-state index in [1.54, 1.807) is 0 Å². The van der Waals surface area contributed by atoms with E-state index >= 15 is 0 Å². The fourth-order valence-electron chi connectivity index (χ4n) is 2.78. The Kier molecular flexibility index (Phi) is 6.69. The third kappa shape index (κ3) is 4.27. The van der Waals surface area contributed by atoms with Gasteiger partial charge in [-0.05, 0) is 26.2 Å². The number of rotatable bonds is 8. The number of carbonyl (C=O) groups is 1. The topological polar surface area (TPSA) is 55.1 Å². The number of nitrogens with two attached hydrogens (primary N) is 1. The summed E-state index contributed by atoms with van der Waals surface area (Å²) >= 11 is 0. The molecule has 0 aromatic carbocycles. The Morgan fingerprint density at radius 3 is 2.56 bits per heavy atom. The Hall–Kier alpha value is -0.570. The molecule has 0 saturated heterocycles. The zero-order chi connectivity index (χ0) is 13.4. The van der Waals surface area contributed by atoms with Gasteiger partial charge in [-0.1, -0.05) is 45.4 Å². The summed E-state index contributed by atoms with van der Waals surface area (Å²) in [5, 5.41) is 3.07. The second-order valence-electron chi connectivity index (χ2n) is 5.94. The van der Waals surface area contributed by atoms with E-state index in [4.69, 9.17) is 5.73 Å². The zero-order valence-electron chi connectivity index (χ0n) is 12.1. The van der Waals surface area contributed by atoms with Gasteiger partial charge in [-0.25, -0.2) is 0 Å². The molecule has 0 aliphatic heterocycles. The van der Waals surface area contributed by atoms with Crippen LogP contribution in [0.2, 0.25) is 0 Å². The maximum Gasteiger partial charge on any atom is 0.227 e. The molecule has 2 atom stereocenters. The first-order valence-corrected chi connectivity index (χ1v) is 7.65. The van der Waals surface area contributed by atoms with Gasteiger partial charge >= 0.3 is 0 Å². The van der Waals surface area contributed by atoms with Crippen LogP contribution in [0, 0.1) is 5.41 Å². The van der Waals surface area contributed by atoms with E-state index in [9.17, 15) is 4.79 Å². The molecule has 0 bridgehead atoms. The average molecular weight is 254 g/mol. The van der Waals surface area contributed by atoms with Crippen molar-refractivity contribution in [2.24, 2.45) is 11.1 Å². The largest absolute Gasteiger partial charge is 0.356 e. The van der Waals surface area contributed by atoms with Crippen LogP contribution in [0.3, 0.4) is 0 Å². The van der Waals surface area contributed by atoms with E-state index < -0.39 is 0 Å². The van der Waals surface area contributed by atoms with Crippen molar-refractivity contribution in [3.63, 3.8) is 0 Å². The van der Waals surface area contributed by atoms with Gasteiger partial charge in [0.2, 0.25) is 5.91 Å². The summed E-state index contributed by atoms with van der Waals surface area (Å²) in [7, 11) is 0. The van der Waals surface area contributed by atoms with Gasteiger partial charge in [-0.3, -0.25) is 4.79 Å². The van der Waals surface area contributed by atoms with E-state index in [2.05, 4.69) is 12.2 Å². The molecule has 3 N–H and O–H groups in total. The second-order valence-corrected chi connectivity index (χ2v) is 5.94. The van der Waals surface area contributed by atoms with Gasteiger partial charge in [0, 0.05) is 12.6 Å². The van der Waals surface area contributed by atoms with Crippen molar-refractivity contribution in [2.45, 2.75) is 77.7 Å². The number of hydrogen-bond donors (Lipinski definition) is 2. The molecule has 1 amide bonds. The van der Waals surface area contributed by atoms with Gasteiger partial charge in [-0.2, -0.15) is 0 Å². The van der Waals surface area contributed by atoms with E-state index in [0.717, 1.165) is 32.2 Å². The number of hydrogen-bond acceptors (Lipinski definition) is 2. The number of nitrogens with one attached hydrogen (secondary N) is 1. The highest BCUT2D eigenvalue weighted by Gasteiger charge is 2.42. The molecular weight excluding hydrogens is 224 g/mol. The van der Waals surface area contributed by atoms with E-state index in [0.29, 0.717) is 0 Å². The van der Waals surface area contributed by atoms with Crippen LogP contribution in [0.1, 0.15) is 71.6 Å². The third-order valence-electron chi connectivity index (χ3n) is 4.36. The molecule has 18 heavy (non-hydrogen) atoms. The van der Waals surface area contributed by atoms with Crippen molar-refractivity contribution in [3.05, 3.63) is 0 Å². The summed E-state index contributed by atoms with van der Waals surface area (Å²) in [6.45, 7) is 5.06. The number of unbranched alkanes of at least 4 members (excludes halogenated alkanes) is 5. The fourth-order valence-corrected chi connectivity index (χ4v) is 2.78. The predicted molar refractivity (Wildman–Crippen MR) is 76.3 cm³/mol. The summed E-state index contributed by atoms with van der Waals surface area (Å²) in [5.41, 5.74) is 5.72. The highest BCUT2D eigenvalue weighted by Crippen LogP contribution is 2.36. The second kappa shape index (κ2) is 7.78. The molecule has 3 heteroatoms. The normalized spacial score (nSPS) is 27.4. The average Bonchev–Trinajstić information content (AvgIpc) is 2.69. The van der Waals surface area contributed by atoms with E-state index in [-0.39, 0.29) is 17.4 Å². The molecule has 2 unspecified atom stereocenters. The lowest BCUT2D eigenvalue weighted by molar-refractivity contribution is -0.130. The van der Waals surface area contributed by atoms with Gasteiger partial charge in [-0.15, -0.1) is 0 Å². The van der Waals surface area contributed by atoms with Crippen molar-refractivity contribution in [3.8, 4) is 0 Å². The monoisotopic (exact) mass is 254 g/mol. The fraction of sp³-hybridized carbons (Fsp3) is 0.933. The van der Waals surface area contributed by atoms with Crippen LogP contribution in [0.4, 0.5) is 0 Å². The van der Waals surface area contributed by atoms with Crippen molar-refractivity contribution in [1.82, 2.24) is 5.32 Å². The van der Waals surface area contributed by atoms with Crippen molar-refractivity contribution >= 4 is 5.91 Å². The SMILES string of the molecule is CCCCCCCCNC(=O)C1(C)CCCC1N. The first-order chi connectivity index (χ1) is 8.61. The van der Waals surface area contributed by atoms with Crippen LogP contribution in [0.5, 0.6) is 0 Å². The Labute approximate surface area is 112 Å². The predicted octanol–water partition coefficient (Wildman–Crippen LogP) is 2.98. The third-order valence-corrected chi connectivity index (χ3v) is 4.36. The summed E-state index contributed by atoms with van der Waals surface area (Å²) in [6, 6.07) is 0.0436. The lowest BCUT2D eigenvalue weighted by Gasteiger charge is -2.27. The molecule has 1 rings (SSSR count). The lowest BCUT2D eigenvalue weighted by Crippen LogP contribution is -2.47. The standard InChI is InChI=1S/C15H30N2O/c1-3-4-5-6-7-8-12-17-14(18)15(2)11-9-10-13(15)16/h13H,3-12,16H2,1-2H3,(H,17,18). The Morgan fingerprint density at radius 2 is 1.94 bits per heavy atom. The first-order valence-electron chi connectivity index (χ1n) is 7.65. The maximum absolute atomic E-state index is 12.1. The Bertz CT molecular complexity index is 255. The molecular formula is C15H30N2O. The summed E-state index contributed by atoms with van der Waals surface area (Å²) < 4.78 is 0. The van der Waals surface area contributed by atoms with E-state index in [1.165, 1.54) is 32.1 Å². The Morgan fingerprint density at radius 1 is 1.28 bits per heavy atom. The molecule has 1 fully saturated rings. The molecule has 3 nitrogen and oxygen atoms in total. The first kappa shape index (κ1) is 15.5. The van der Waals surface area contributed by atoms with Gasteiger partial charge in [0.25, 0.3) is 0 Å². The van der Waals surface area contributed by atoms with Gasteiger partial charge in [0.05, 0.1) is 5.41 Å². The molecule has 106 valence electrons. The minimum absolute atomic E-state index is 0.0436. The van der Waals surface area contributed by atoms with Crippen molar-refractivity contribution < 1.29 is 4.79 Å². The lowest BCUT2D eigenvalue weighted by atomic mass is 9.84. The maximum atomic E-state index is 12.1. The van der Waals surface area contributed by atoms with Crippen LogP contribution in [-0.4, -0.2) is 18.5 Å². The van der Waals surface area contributed by atoms with Crippen LogP contribution >= 0.6 is 0 Å². The van der Waals surface area contributed by atoms with Gasteiger partial charge < -0.3 is 11.1 Å². The van der Waals surface area contributed by atoms with Crippen molar-refractivity contribution in [1.29, 1.82) is 0 Å². The molecule has 0 heterocycles. The quantitative estimate of drug-likeness (QED) is 0.654. The van der Waals surface area contributed by atoms with Crippen LogP contribution in [0.15, 0.2) is 0 Å². The van der Waals surface area contributed by atoms with Gasteiger partial charge in [0.15, 0.2) is 0 Å². The molecule has 0 spiro atoms. The molecule has 1 aliphatic carbocycles. The number of amides is 1. The molecule has 0 aromatic heterocycles.